The van der Waals surface area contributed by atoms with Crippen LogP contribution in [0.3, 0.4) is 0 Å². The van der Waals surface area contributed by atoms with Crippen molar-refractivity contribution in [1.82, 2.24) is 19.7 Å². The minimum absolute atomic E-state index is 0.184. The van der Waals surface area contributed by atoms with E-state index in [0.29, 0.717) is 40.2 Å². The van der Waals surface area contributed by atoms with Crippen LogP contribution in [0.15, 0.2) is 53.1 Å². The van der Waals surface area contributed by atoms with Gasteiger partial charge in [0.2, 0.25) is 5.91 Å². The van der Waals surface area contributed by atoms with Crippen LogP contribution in [0.25, 0.3) is 22.5 Å². The molecule has 0 radical (unpaired) electrons. The third-order valence-corrected chi connectivity index (χ3v) is 4.95. The fraction of sp³-hybridized carbons (Fsp3) is 0.182. The molecule has 0 aliphatic rings. The Labute approximate surface area is 172 Å². The lowest BCUT2D eigenvalue weighted by molar-refractivity contribution is 0.0787. The summed E-state index contributed by atoms with van der Waals surface area (Å²) in [6.07, 6.45) is 1.56. The summed E-state index contributed by atoms with van der Waals surface area (Å²) in [4.78, 5) is 31.1. The number of benzene rings is 1. The normalized spacial score (nSPS) is 11.0. The van der Waals surface area contributed by atoms with Gasteiger partial charge in [0.15, 0.2) is 11.4 Å². The van der Waals surface area contributed by atoms with E-state index in [4.69, 9.17) is 10.2 Å². The van der Waals surface area contributed by atoms with Gasteiger partial charge in [-0.15, -0.1) is 0 Å². The molecule has 0 aliphatic carbocycles. The topological polar surface area (TPSA) is 107 Å². The van der Waals surface area contributed by atoms with E-state index in [2.05, 4.69) is 10.1 Å². The van der Waals surface area contributed by atoms with E-state index in [9.17, 15) is 9.59 Å². The van der Waals surface area contributed by atoms with Gasteiger partial charge in [-0.05, 0) is 42.8 Å². The Morgan fingerprint density at radius 2 is 2.00 bits per heavy atom. The zero-order chi connectivity index (χ0) is 21.4. The lowest BCUT2D eigenvalue weighted by Gasteiger charge is -2.18. The molecule has 0 saturated heterocycles. The van der Waals surface area contributed by atoms with Crippen LogP contribution in [-0.4, -0.2) is 38.5 Å². The number of carbonyl (C=O) groups excluding carboxylic acids is 2. The average molecular weight is 403 g/mol. The number of fused-ring (bicyclic) bond motifs is 1. The van der Waals surface area contributed by atoms with Crippen molar-refractivity contribution < 1.29 is 14.0 Å². The number of nitrogens with zero attached hydrogens (tertiary/aromatic N) is 4. The first-order valence-electron chi connectivity index (χ1n) is 9.37. The molecule has 8 heteroatoms. The van der Waals surface area contributed by atoms with Gasteiger partial charge < -0.3 is 15.1 Å². The summed E-state index contributed by atoms with van der Waals surface area (Å²) in [6, 6.07) is 12.2. The van der Waals surface area contributed by atoms with Crippen LogP contribution in [0.4, 0.5) is 0 Å². The standard InChI is InChI=1S/C22H21N5O3/c1-13-19-16(11-17(18-8-5-9-30-18)24-21(19)27(3)25-13)22(29)26(2)12-14-6-4-7-15(10-14)20(23)28/h4-11H,12H2,1-3H3,(H2,23,28). The Kier molecular flexibility index (Phi) is 4.83. The quantitative estimate of drug-likeness (QED) is 0.551. The van der Waals surface area contributed by atoms with Gasteiger partial charge in [0.05, 0.1) is 22.9 Å². The molecule has 30 heavy (non-hydrogen) atoms. The van der Waals surface area contributed by atoms with Crippen molar-refractivity contribution in [3.8, 4) is 11.5 Å². The lowest BCUT2D eigenvalue weighted by atomic mass is 10.1. The molecule has 2 N–H and O–H groups in total. The van der Waals surface area contributed by atoms with E-state index in [-0.39, 0.29) is 5.91 Å². The second kappa shape index (κ2) is 7.47. The molecule has 0 unspecified atom stereocenters. The summed E-state index contributed by atoms with van der Waals surface area (Å²) in [6.45, 7) is 2.17. The highest BCUT2D eigenvalue weighted by atomic mass is 16.3. The number of pyridine rings is 1. The van der Waals surface area contributed by atoms with Gasteiger partial charge in [0.1, 0.15) is 5.69 Å². The monoisotopic (exact) mass is 403 g/mol. The number of hydrogen-bond donors (Lipinski definition) is 1. The van der Waals surface area contributed by atoms with Crippen LogP contribution >= 0.6 is 0 Å². The summed E-state index contributed by atoms with van der Waals surface area (Å²) in [5, 5.41) is 5.14. The summed E-state index contributed by atoms with van der Waals surface area (Å²) in [5.41, 5.74) is 8.95. The van der Waals surface area contributed by atoms with Gasteiger partial charge in [-0.1, -0.05) is 12.1 Å². The highest BCUT2D eigenvalue weighted by molar-refractivity contribution is 6.07. The zero-order valence-electron chi connectivity index (χ0n) is 16.9. The van der Waals surface area contributed by atoms with E-state index in [1.807, 2.05) is 13.0 Å². The maximum atomic E-state index is 13.4. The average Bonchev–Trinajstić information content (AvgIpc) is 3.36. The number of furan rings is 1. The van der Waals surface area contributed by atoms with Crippen molar-refractivity contribution >= 4 is 22.8 Å². The number of aryl methyl sites for hydroxylation is 2. The minimum Gasteiger partial charge on any atom is -0.463 e. The van der Waals surface area contributed by atoms with E-state index >= 15 is 0 Å². The number of amides is 2. The molecule has 0 atom stereocenters. The summed E-state index contributed by atoms with van der Waals surface area (Å²) in [5.74, 6) is -0.117. The highest BCUT2D eigenvalue weighted by Crippen LogP contribution is 2.28. The smallest absolute Gasteiger partial charge is 0.254 e. The van der Waals surface area contributed by atoms with Gasteiger partial charge in [-0.2, -0.15) is 5.10 Å². The fourth-order valence-electron chi connectivity index (χ4n) is 3.54. The van der Waals surface area contributed by atoms with Crippen molar-refractivity contribution in [2.45, 2.75) is 13.5 Å². The minimum atomic E-state index is -0.504. The number of rotatable bonds is 5. The highest BCUT2D eigenvalue weighted by Gasteiger charge is 2.22. The van der Waals surface area contributed by atoms with Crippen molar-refractivity contribution in [1.29, 1.82) is 0 Å². The molecule has 0 spiro atoms. The molecule has 0 aliphatic heterocycles. The molecule has 0 saturated carbocycles. The largest absolute Gasteiger partial charge is 0.463 e. The van der Waals surface area contributed by atoms with Gasteiger partial charge >= 0.3 is 0 Å². The summed E-state index contributed by atoms with van der Waals surface area (Å²) < 4.78 is 7.14. The molecule has 0 bridgehead atoms. The van der Waals surface area contributed by atoms with E-state index in [1.54, 1.807) is 66.3 Å². The molecule has 3 aromatic heterocycles. The first-order chi connectivity index (χ1) is 14.3. The Balaban J connectivity index is 1.75. The van der Waals surface area contributed by atoms with Gasteiger partial charge in [0.25, 0.3) is 5.91 Å². The molecule has 1 aromatic carbocycles. The molecule has 2 amide bonds. The number of primary amides is 1. The Morgan fingerprint density at radius 1 is 1.20 bits per heavy atom. The van der Waals surface area contributed by atoms with Gasteiger partial charge in [-0.25, -0.2) is 4.98 Å². The number of carbonyl (C=O) groups is 2. The molecular formula is C22H21N5O3. The van der Waals surface area contributed by atoms with Crippen molar-refractivity contribution in [2.75, 3.05) is 7.05 Å². The molecule has 0 fully saturated rings. The maximum Gasteiger partial charge on any atom is 0.254 e. The van der Waals surface area contributed by atoms with Crippen LogP contribution < -0.4 is 5.73 Å². The number of hydrogen-bond acceptors (Lipinski definition) is 5. The molecule has 3 heterocycles. The predicted molar refractivity (Wildman–Crippen MR) is 112 cm³/mol. The summed E-state index contributed by atoms with van der Waals surface area (Å²) in [7, 11) is 3.51. The molecule has 4 rings (SSSR count). The third kappa shape index (κ3) is 3.43. The van der Waals surface area contributed by atoms with Crippen LogP contribution in [0.1, 0.15) is 32.0 Å². The fourth-order valence-corrected chi connectivity index (χ4v) is 3.54. The van der Waals surface area contributed by atoms with Crippen LogP contribution in [0.5, 0.6) is 0 Å². The first-order valence-corrected chi connectivity index (χ1v) is 9.37. The maximum absolute atomic E-state index is 13.4. The van der Waals surface area contributed by atoms with Crippen molar-refractivity contribution in [3.05, 3.63) is 71.1 Å². The SMILES string of the molecule is Cc1nn(C)c2nc(-c3ccco3)cc(C(=O)N(C)Cc3cccc(C(N)=O)c3)c12. The second-order valence-electron chi connectivity index (χ2n) is 7.17. The molecule has 152 valence electrons. The van der Waals surface area contributed by atoms with Gasteiger partial charge in [-0.3, -0.25) is 14.3 Å². The van der Waals surface area contributed by atoms with E-state index < -0.39 is 5.91 Å². The van der Waals surface area contributed by atoms with Crippen molar-refractivity contribution in [3.63, 3.8) is 0 Å². The Hall–Kier alpha value is -3.94. The number of aromatic nitrogens is 3. The van der Waals surface area contributed by atoms with Crippen LogP contribution in [0, 0.1) is 6.92 Å². The molecule has 4 aromatic rings. The van der Waals surface area contributed by atoms with Crippen LogP contribution in [0.2, 0.25) is 0 Å². The zero-order valence-corrected chi connectivity index (χ0v) is 16.9. The van der Waals surface area contributed by atoms with Gasteiger partial charge in [0, 0.05) is 26.2 Å². The lowest BCUT2D eigenvalue weighted by Crippen LogP contribution is -2.27. The first kappa shape index (κ1) is 19.4. The van der Waals surface area contributed by atoms with E-state index in [0.717, 1.165) is 11.3 Å². The molecule has 8 nitrogen and oxygen atoms in total. The van der Waals surface area contributed by atoms with Crippen molar-refractivity contribution in [2.24, 2.45) is 12.8 Å². The van der Waals surface area contributed by atoms with E-state index in [1.165, 1.54) is 0 Å². The predicted octanol–water partition coefficient (Wildman–Crippen LogP) is 2.91. The molecular weight excluding hydrogens is 382 g/mol. The summed E-state index contributed by atoms with van der Waals surface area (Å²) >= 11 is 0. The second-order valence-corrected chi connectivity index (χ2v) is 7.17. The Bertz CT molecular complexity index is 1260. The number of nitrogens with two attached hydrogens (primary N) is 1. The van der Waals surface area contributed by atoms with Crippen LogP contribution in [-0.2, 0) is 13.6 Å². The Morgan fingerprint density at radius 3 is 2.70 bits per heavy atom. The third-order valence-electron chi connectivity index (χ3n) is 4.95.